The quantitative estimate of drug-likeness (QED) is 0.537. The Bertz CT molecular complexity index is 76.6. The molecule has 0 saturated carbocycles. The van der Waals surface area contributed by atoms with Gasteiger partial charge in [-0.2, -0.15) is 0 Å². The maximum absolute atomic E-state index is 2.36. The molecular formula is C8H19P. The fraction of sp³-hybridized carbons (Fsp3) is 1.00. The van der Waals surface area contributed by atoms with Crippen molar-refractivity contribution in [3.63, 3.8) is 0 Å². The van der Waals surface area contributed by atoms with Crippen molar-refractivity contribution in [2.45, 2.75) is 39.8 Å². The van der Waals surface area contributed by atoms with Gasteiger partial charge < -0.3 is 0 Å². The van der Waals surface area contributed by atoms with Crippen LogP contribution >= 0.6 is 8.58 Å². The highest BCUT2D eigenvalue weighted by molar-refractivity contribution is 7.37. The molecule has 1 heteroatoms. The van der Waals surface area contributed by atoms with E-state index < -0.39 is 0 Å². The lowest BCUT2D eigenvalue weighted by atomic mass is 9.87. The van der Waals surface area contributed by atoms with Gasteiger partial charge >= 0.3 is 0 Å². The molecule has 9 heavy (non-hydrogen) atoms. The highest BCUT2D eigenvalue weighted by Crippen LogP contribution is 2.34. The molecule has 0 rings (SSSR count). The summed E-state index contributed by atoms with van der Waals surface area (Å²) >= 11 is 0. The zero-order valence-corrected chi connectivity index (χ0v) is 8.28. The molecule has 0 aliphatic rings. The van der Waals surface area contributed by atoms with Crippen LogP contribution in [0.2, 0.25) is 0 Å². The Morgan fingerprint density at radius 3 is 2.00 bits per heavy atom. The predicted molar refractivity (Wildman–Crippen MR) is 47.8 cm³/mol. The van der Waals surface area contributed by atoms with Gasteiger partial charge in [-0.3, -0.25) is 0 Å². The molecule has 56 valence electrons. The Balaban J connectivity index is 3.80. The van der Waals surface area contributed by atoms with Crippen molar-refractivity contribution in [2.24, 2.45) is 5.41 Å². The molecule has 0 aromatic heterocycles. The van der Waals surface area contributed by atoms with Gasteiger partial charge in [-0.25, -0.2) is 0 Å². The van der Waals surface area contributed by atoms with E-state index in [0.717, 1.165) is 14.2 Å². The van der Waals surface area contributed by atoms with Gasteiger partial charge in [0.05, 0.1) is 0 Å². The van der Waals surface area contributed by atoms with Crippen LogP contribution in [0.25, 0.3) is 0 Å². The molecule has 0 spiro atoms. The second-order valence-electron chi connectivity index (χ2n) is 3.35. The molecule has 0 aromatic rings. The minimum atomic E-state index is 0.563. The van der Waals surface area contributed by atoms with Crippen LogP contribution in [0.4, 0.5) is 0 Å². The molecule has 0 heterocycles. The summed E-state index contributed by atoms with van der Waals surface area (Å²) in [7, 11) is 1.09. The topological polar surface area (TPSA) is 0 Å². The summed E-state index contributed by atoms with van der Waals surface area (Å²) < 4.78 is 0. The monoisotopic (exact) mass is 146 g/mol. The van der Waals surface area contributed by atoms with E-state index in [-0.39, 0.29) is 0 Å². The molecule has 2 atom stereocenters. The smallest absolute Gasteiger partial charge is 0.0216 e. The van der Waals surface area contributed by atoms with Gasteiger partial charge in [0.15, 0.2) is 0 Å². The van der Waals surface area contributed by atoms with Crippen molar-refractivity contribution in [3.05, 3.63) is 0 Å². The molecule has 0 bridgehead atoms. The standard InChI is InChI=1S/C8H19P/c1-6-8(3,4)7(2)9-5/h7,9H,6H2,1-5H3. The van der Waals surface area contributed by atoms with Crippen molar-refractivity contribution in [1.82, 2.24) is 0 Å². The van der Waals surface area contributed by atoms with Gasteiger partial charge in [-0.05, 0) is 17.7 Å². The zero-order chi connectivity index (χ0) is 7.49. The Morgan fingerprint density at radius 1 is 1.44 bits per heavy atom. The maximum Gasteiger partial charge on any atom is -0.0216 e. The first-order valence-electron chi connectivity index (χ1n) is 3.72. The summed E-state index contributed by atoms with van der Waals surface area (Å²) in [5.74, 6) is 0. The van der Waals surface area contributed by atoms with Crippen LogP contribution < -0.4 is 0 Å². The number of hydrogen-bond acceptors (Lipinski definition) is 0. The molecule has 2 unspecified atom stereocenters. The second kappa shape index (κ2) is 3.56. The van der Waals surface area contributed by atoms with E-state index in [1.54, 1.807) is 0 Å². The Kier molecular flexibility index (Phi) is 3.73. The van der Waals surface area contributed by atoms with Gasteiger partial charge in [0.1, 0.15) is 0 Å². The van der Waals surface area contributed by atoms with Gasteiger partial charge in [-0.15, -0.1) is 8.58 Å². The number of hydrogen-bond donors (Lipinski definition) is 0. The molecule has 0 aromatic carbocycles. The van der Waals surface area contributed by atoms with Crippen LogP contribution in [-0.2, 0) is 0 Å². The SMILES string of the molecule is CCC(C)(C)C(C)PC. The van der Waals surface area contributed by atoms with Gasteiger partial charge in [0.25, 0.3) is 0 Å². The van der Waals surface area contributed by atoms with Crippen molar-refractivity contribution in [2.75, 3.05) is 6.66 Å². The van der Waals surface area contributed by atoms with Crippen molar-refractivity contribution in [3.8, 4) is 0 Å². The van der Waals surface area contributed by atoms with Crippen molar-refractivity contribution >= 4 is 8.58 Å². The molecule has 0 nitrogen and oxygen atoms in total. The third-order valence-corrected chi connectivity index (χ3v) is 4.16. The summed E-state index contributed by atoms with van der Waals surface area (Å²) in [6.45, 7) is 11.6. The lowest BCUT2D eigenvalue weighted by molar-refractivity contribution is 0.348. The van der Waals surface area contributed by atoms with Crippen LogP contribution in [0, 0.1) is 5.41 Å². The average Bonchev–Trinajstić information content (AvgIpc) is 1.86. The summed E-state index contributed by atoms with van der Waals surface area (Å²) in [5, 5.41) is 0. The molecule has 0 aliphatic heterocycles. The molecule has 0 fully saturated rings. The van der Waals surface area contributed by atoms with Gasteiger partial charge in [-0.1, -0.05) is 34.1 Å². The maximum atomic E-state index is 2.36. The Morgan fingerprint density at radius 2 is 1.89 bits per heavy atom. The fourth-order valence-corrected chi connectivity index (χ4v) is 1.68. The van der Waals surface area contributed by atoms with E-state index in [1.807, 2.05) is 0 Å². The third-order valence-electron chi connectivity index (χ3n) is 2.52. The zero-order valence-electron chi connectivity index (χ0n) is 7.28. The second-order valence-corrected chi connectivity index (χ2v) is 4.80. The van der Waals surface area contributed by atoms with E-state index in [9.17, 15) is 0 Å². The van der Waals surface area contributed by atoms with Crippen molar-refractivity contribution in [1.29, 1.82) is 0 Å². The summed E-state index contributed by atoms with van der Waals surface area (Å²) in [4.78, 5) is 0. The third kappa shape index (κ3) is 2.67. The van der Waals surface area contributed by atoms with Gasteiger partial charge in [0.2, 0.25) is 0 Å². The lowest BCUT2D eigenvalue weighted by Crippen LogP contribution is -2.21. The molecular weight excluding hydrogens is 127 g/mol. The van der Waals surface area contributed by atoms with E-state index in [4.69, 9.17) is 0 Å². The van der Waals surface area contributed by atoms with E-state index in [0.29, 0.717) is 5.41 Å². The predicted octanol–water partition coefficient (Wildman–Crippen LogP) is 3.12. The minimum Gasteiger partial charge on any atom is -0.122 e. The summed E-state index contributed by atoms with van der Waals surface area (Å²) in [6, 6.07) is 0. The van der Waals surface area contributed by atoms with Crippen LogP contribution in [0.5, 0.6) is 0 Å². The first-order chi connectivity index (χ1) is 4.04. The fourth-order valence-electron chi connectivity index (χ4n) is 0.697. The first-order valence-corrected chi connectivity index (χ1v) is 5.29. The van der Waals surface area contributed by atoms with Crippen LogP contribution in [0.3, 0.4) is 0 Å². The normalized spacial score (nSPS) is 17.0. The van der Waals surface area contributed by atoms with E-state index in [2.05, 4.69) is 34.4 Å². The average molecular weight is 146 g/mol. The largest absolute Gasteiger partial charge is 0.122 e. The van der Waals surface area contributed by atoms with Crippen molar-refractivity contribution < 1.29 is 0 Å². The molecule has 0 N–H and O–H groups in total. The number of rotatable bonds is 3. The van der Waals surface area contributed by atoms with Gasteiger partial charge in [0, 0.05) is 0 Å². The summed E-state index contributed by atoms with van der Waals surface area (Å²) in [5.41, 5.74) is 1.45. The van der Waals surface area contributed by atoms with Crippen LogP contribution in [0.1, 0.15) is 34.1 Å². The van der Waals surface area contributed by atoms with Crippen LogP contribution in [0.15, 0.2) is 0 Å². The van der Waals surface area contributed by atoms with E-state index >= 15 is 0 Å². The molecule has 0 saturated heterocycles. The molecule has 0 amide bonds. The first kappa shape index (κ1) is 9.43. The van der Waals surface area contributed by atoms with Crippen LogP contribution in [-0.4, -0.2) is 12.3 Å². The van der Waals surface area contributed by atoms with E-state index in [1.165, 1.54) is 6.42 Å². The highest BCUT2D eigenvalue weighted by atomic mass is 31.1. The minimum absolute atomic E-state index is 0.563. The highest BCUT2D eigenvalue weighted by Gasteiger charge is 2.21. The molecule has 0 radical (unpaired) electrons. The Labute approximate surface area is 61.2 Å². The summed E-state index contributed by atoms with van der Waals surface area (Å²) in [6.07, 6.45) is 1.30. The Hall–Kier alpha value is 0.430. The lowest BCUT2D eigenvalue weighted by Gasteiger charge is -2.29. The molecule has 0 aliphatic carbocycles.